The van der Waals surface area contributed by atoms with Gasteiger partial charge in [-0.25, -0.2) is 0 Å². The van der Waals surface area contributed by atoms with E-state index in [1.807, 2.05) is 0 Å². The molecule has 10 saturated heterocycles. The van der Waals surface area contributed by atoms with Crippen LogP contribution in [-0.2, 0) is 6.51 Å². The normalized spacial score (nSPS) is 63.7. The third-order valence-electron chi connectivity index (χ3n) is 19.4. The molecule has 38 heavy (non-hydrogen) atoms. The number of benzene rings is 4. The summed E-state index contributed by atoms with van der Waals surface area (Å²) in [6.45, 7) is -4.00. The molecule has 0 nitrogen and oxygen atoms in total. The maximum atomic E-state index is 3.29. The van der Waals surface area contributed by atoms with Gasteiger partial charge in [-0.2, -0.15) is 0 Å². The van der Waals surface area contributed by atoms with Gasteiger partial charge in [0.25, 0.3) is 0 Å². The summed E-state index contributed by atoms with van der Waals surface area (Å²) in [4.78, 5) is 8.68. The predicted molar refractivity (Wildman–Crippen MR) is 167 cm³/mol. The monoisotopic (exact) mass is 680 g/mol. The third kappa shape index (κ3) is 0.449. The Kier molecular flexibility index (Phi) is 1.52. The molecule has 0 saturated carbocycles. The fourth-order valence-corrected chi connectivity index (χ4v) is 146. The summed E-state index contributed by atoms with van der Waals surface area (Å²) in [6, 6.07) is 48.2. The molecule has 10 fully saturated rings. The van der Waals surface area contributed by atoms with E-state index in [2.05, 4.69) is 144 Å². The average molecular weight is 680 g/mol. The first kappa shape index (κ1) is 19.2. The van der Waals surface area contributed by atoms with Gasteiger partial charge >= 0.3 is 232 Å². The summed E-state index contributed by atoms with van der Waals surface area (Å²) in [5.74, 6) is 0. The molecule has 0 aromatic heterocycles. The van der Waals surface area contributed by atoms with E-state index in [9.17, 15) is 0 Å². The van der Waals surface area contributed by atoms with Gasteiger partial charge in [-0.1, -0.05) is 0 Å². The van der Waals surface area contributed by atoms with Crippen LogP contribution in [0.5, 0.6) is 0 Å². The van der Waals surface area contributed by atoms with Crippen molar-refractivity contribution < 1.29 is 6.51 Å². The molecule has 4 heteroatoms. The summed E-state index contributed by atoms with van der Waals surface area (Å²) in [5, 5.41) is 6.82. The van der Waals surface area contributed by atoms with E-state index in [0.29, 0.717) is 8.11 Å². The Hall–Kier alpha value is -1.01. The molecule has 1 spiro atoms. The summed E-state index contributed by atoms with van der Waals surface area (Å²) in [6.07, 6.45) is 0. The van der Waals surface area contributed by atoms with Crippen LogP contribution in [0.3, 0.4) is 0 Å². The second-order valence-electron chi connectivity index (χ2n) is 15.7. The van der Waals surface area contributed by atoms with Crippen LogP contribution in [0.2, 0.25) is 33.7 Å². The third-order valence-corrected chi connectivity index (χ3v) is 86.8. The predicted octanol–water partition coefficient (Wildman–Crippen LogP) is 7.80. The van der Waals surface area contributed by atoms with Gasteiger partial charge in [0, 0.05) is 0 Å². The van der Waals surface area contributed by atoms with Crippen molar-refractivity contribution >= 4 is 59.7 Å². The molecule has 10 aliphatic heterocycles. The van der Waals surface area contributed by atoms with Gasteiger partial charge in [-0.3, -0.25) is 0 Å². The molecule has 10 heterocycles. The second kappa shape index (κ2) is 3.01. The number of alkyl halides is 1. The van der Waals surface area contributed by atoms with Crippen LogP contribution in [0.4, 0.5) is 0 Å². The van der Waals surface area contributed by atoms with E-state index in [0.717, 1.165) is 2.32 Å². The van der Waals surface area contributed by atoms with E-state index in [1.165, 1.54) is 33.7 Å². The first-order valence-electron chi connectivity index (χ1n) is 14.2. The van der Waals surface area contributed by atoms with Crippen LogP contribution in [0, 0.1) is 0 Å². The summed E-state index contributed by atoms with van der Waals surface area (Å²) in [7, 11) is -0.720. The van der Waals surface area contributed by atoms with Gasteiger partial charge in [-0.15, -0.1) is 0 Å². The number of hydrogen-bond acceptors (Lipinski definition) is 0. The zero-order chi connectivity index (χ0) is 24.5. The van der Waals surface area contributed by atoms with Gasteiger partial charge in [0.05, 0.1) is 0 Å². The van der Waals surface area contributed by atoms with Crippen LogP contribution >= 0.6 is 38.4 Å². The Morgan fingerprint density at radius 3 is 1.13 bits per heavy atom. The van der Waals surface area contributed by atoms with Crippen LogP contribution in [0.15, 0.2) is 121 Å². The molecule has 0 amide bonds. The molecule has 0 radical (unpaired) electrons. The topological polar surface area (TPSA) is 0 Å². The zero-order valence-electron chi connectivity index (χ0n) is 20.7. The van der Waals surface area contributed by atoms with Crippen LogP contribution in [0.1, 0.15) is 0 Å². The van der Waals surface area contributed by atoms with E-state index in [1.54, 1.807) is 21.2 Å². The first-order valence-corrected chi connectivity index (χ1v) is 24.1. The first-order chi connectivity index (χ1) is 18.5. The van der Waals surface area contributed by atoms with Crippen molar-refractivity contribution in [2.45, 2.75) is 44.1 Å². The molecule has 5 unspecified atom stereocenters. The molecule has 0 N–H and O–H groups in total. The molecular weight excluding hydrogens is 653 g/mol. The molecule has 4 aromatic rings. The van der Waals surface area contributed by atoms with E-state index in [-0.39, 0.29) is 15.8 Å². The Labute approximate surface area is 229 Å². The number of halogens is 1. The Balaban J connectivity index is 1.19. The van der Waals surface area contributed by atoms with Gasteiger partial charge < -0.3 is 0 Å². The zero-order valence-corrected chi connectivity index (χ0v) is 25.8. The molecule has 0 bridgehead atoms. The Morgan fingerprint density at radius 1 is 0.474 bits per heavy atom. The van der Waals surface area contributed by atoms with E-state index < -0.39 is 6.51 Å². The van der Waals surface area contributed by atoms with Crippen molar-refractivity contribution in [1.29, 1.82) is 0 Å². The molecular formula is C34H27FeIP2. The quantitative estimate of drug-likeness (QED) is 0.0845. The number of fused-ring (bicyclic) bond motifs is 10. The molecule has 5 atom stereocenters. The van der Waals surface area contributed by atoms with Crippen molar-refractivity contribution in [3.8, 4) is 0 Å². The second-order valence-corrected chi connectivity index (χ2v) is 46.8. The van der Waals surface area contributed by atoms with Gasteiger partial charge in [0.15, 0.2) is 0 Å². The maximum absolute atomic E-state index is 4.00. The molecule has 14 rings (SSSR count). The van der Waals surface area contributed by atoms with Crippen molar-refractivity contribution in [1.82, 2.24) is 0 Å². The molecule has 0 aliphatic carbocycles. The van der Waals surface area contributed by atoms with Gasteiger partial charge in [0.1, 0.15) is 0 Å². The van der Waals surface area contributed by atoms with Gasteiger partial charge in [-0.05, 0) is 0 Å². The van der Waals surface area contributed by atoms with Crippen LogP contribution in [0.25, 0.3) is 0 Å². The number of rotatable bonds is 6. The average Bonchev–Trinajstić information content (AvgIpc) is 3.94. The van der Waals surface area contributed by atoms with Crippen molar-refractivity contribution in [2.75, 3.05) is 0 Å². The van der Waals surface area contributed by atoms with E-state index in [4.69, 9.17) is 0 Å². The fourth-order valence-electron chi connectivity index (χ4n) is 20.9. The molecule has 10 aliphatic rings. The Bertz CT molecular complexity index is 2130. The van der Waals surface area contributed by atoms with Crippen molar-refractivity contribution in [3.63, 3.8) is 0 Å². The van der Waals surface area contributed by atoms with Crippen molar-refractivity contribution in [2.24, 2.45) is 0 Å². The Morgan fingerprint density at radius 2 is 0.816 bits per heavy atom. The summed E-state index contributed by atoms with van der Waals surface area (Å²) in [5.41, 5.74) is 0. The minimum atomic E-state index is -4.00. The molecule has 4 aromatic carbocycles. The fraction of sp³-hybridized carbons (Fsp3) is 0.294. The van der Waals surface area contributed by atoms with Crippen molar-refractivity contribution in [3.05, 3.63) is 121 Å². The SMILES string of the molecule is I[C]12[CH]3[CH]4[C]5(P(c6ccccc6)c6ccccc6)[C]1(P(c1ccccc1)c1ccccc1)[Fe]34251678[CH]2[CH]1[CH]6[CH]7[CH]28. The summed E-state index contributed by atoms with van der Waals surface area (Å²) < 4.78 is 2.09. The van der Waals surface area contributed by atoms with Crippen LogP contribution < -0.4 is 21.2 Å². The number of hydrogen-bond donors (Lipinski definition) is 0. The standard InChI is InChI=1S/C29H22IP2.C5H5.Fe/c30-27-21-22-28(31(23-13-5-1-6-14-23)24-15-7-2-8-16-24)29(27)32(25-17-9-3-10-18-25)26-19-11-4-12-20-26;1-2-4-5-3-1;/h1-22H;1-5H;. The summed E-state index contributed by atoms with van der Waals surface area (Å²) >= 11 is 3.29. The van der Waals surface area contributed by atoms with Crippen LogP contribution in [-0.4, -0.2) is 10.4 Å². The minimum absolute atomic E-state index is 0.350. The van der Waals surface area contributed by atoms with Gasteiger partial charge in [0.2, 0.25) is 0 Å². The van der Waals surface area contributed by atoms with E-state index >= 15 is 0 Å². The molecule has 188 valence electrons.